The van der Waals surface area contributed by atoms with Gasteiger partial charge in [-0.15, -0.1) is 0 Å². The highest BCUT2D eigenvalue weighted by atomic mass is 15.3. The molecule has 0 amide bonds. The number of hydrogen-bond donors (Lipinski definition) is 1. The topological polar surface area (TPSA) is 20.2 Å². The smallest absolute Gasteiger partial charge is 0.130 e. The zero-order chi connectivity index (χ0) is 25.1. The fourth-order valence-electron chi connectivity index (χ4n) is 6.24. The van der Waals surface area contributed by atoms with Gasteiger partial charge >= 0.3 is 0 Å². The van der Waals surface area contributed by atoms with Crippen molar-refractivity contribution in [1.29, 1.82) is 0 Å². The van der Waals surface area contributed by atoms with Gasteiger partial charge in [0.1, 0.15) is 6.17 Å². The standard InChI is InChI=1S/C35H25N3/c1-2-13-25(14-3-1)37-30-19-9-6-16-27(30)33-28-17-7-10-20-31(28)38(32-21-11-8-18-29(32)34(33)37)35-26-15-5-4-12-24(26)22-23-36-35/h1-23,35-36H. The number of para-hydroxylation sites is 4. The first-order valence-corrected chi connectivity index (χ1v) is 13.1. The summed E-state index contributed by atoms with van der Waals surface area (Å²) in [4.78, 5) is 2.48. The maximum Gasteiger partial charge on any atom is 0.130 e. The maximum atomic E-state index is 3.70. The van der Waals surface area contributed by atoms with Crippen LogP contribution in [-0.4, -0.2) is 4.57 Å². The Morgan fingerprint density at radius 2 is 1.24 bits per heavy atom. The van der Waals surface area contributed by atoms with E-state index in [9.17, 15) is 0 Å². The predicted molar refractivity (Wildman–Crippen MR) is 158 cm³/mol. The fourth-order valence-corrected chi connectivity index (χ4v) is 6.24. The van der Waals surface area contributed by atoms with E-state index in [1.165, 1.54) is 55.8 Å². The Balaban J connectivity index is 1.52. The van der Waals surface area contributed by atoms with Gasteiger partial charge in [-0.3, -0.25) is 0 Å². The lowest BCUT2D eigenvalue weighted by atomic mass is 9.98. The Bertz CT molecular complexity index is 1860. The monoisotopic (exact) mass is 487 g/mol. The van der Waals surface area contributed by atoms with E-state index in [-0.39, 0.29) is 6.17 Å². The summed E-state index contributed by atoms with van der Waals surface area (Å²) in [5, 5.41) is 4.95. The van der Waals surface area contributed by atoms with Crippen LogP contribution in [0.4, 0.5) is 11.4 Å². The Kier molecular flexibility index (Phi) is 4.58. The third-order valence-electron chi connectivity index (χ3n) is 7.81. The van der Waals surface area contributed by atoms with Crippen molar-refractivity contribution in [2.24, 2.45) is 0 Å². The van der Waals surface area contributed by atoms with E-state index in [0.29, 0.717) is 0 Å². The molecule has 0 aliphatic carbocycles. The van der Waals surface area contributed by atoms with Crippen molar-refractivity contribution in [3.05, 3.63) is 145 Å². The lowest BCUT2D eigenvalue weighted by Gasteiger charge is -2.37. The Hall–Kier alpha value is -5.02. The average Bonchev–Trinajstić information content (AvgIpc) is 3.27. The second kappa shape index (κ2) is 8.25. The number of nitrogens with one attached hydrogen (secondary N) is 1. The van der Waals surface area contributed by atoms with E-state index in [1.807, 2.05) is 0 Å². The second-order valence-corrected chi connectivity index (χ2v) is 9.85. The molecule has 0 radical (unpaired) electrons. The van der Waals surface area contributed by atoms with Crippen molar-refractivity contribution in [2.45, 2.75) is 6.17 Å². The van der Waals surface area contributed by atoms with Crippen molar-refractivity contribution in [2.75, 3.05) is 4.90 Å². The molecule has 0 spiro atoms. The molecule has 2 aliphatic rings. The fraction of sp³-hybridized carbons (Fsp3) is 0.0286. The Morgan fingerprint density at radius 3 is 2.11 bits per heavy atom. The molecule has 0 fully saturated rings. The van der Waals surface area contributed by atoms with Crippen molar-refractivity contribution in [3.8, 4) is 28.1 Å². The number of benzene rings is 5. The molecule has 3 heterocycles. The van der Waals surface area contributed by atoms with E-state index in [0.717, 1.165) is 5.69 Å². The number of aromatic nitrogens is 1. The van der Waals surface area contributed by atoms with Crippen LogP contribution < -0.4 is 10.2 Å². The van der Waals surface area contributed by atoms with Crippen LogP contribution in [0.25, 0.3) is 45.1 Å². The van der Waals surface area contributed by atoms with Gasteiger partial charge in [0, 0.05) is 33.3 Å². The zero-order valence-electron chi connectivity index (χ0n) is 20.8. The minimum atomic E-state index is -0.0426. The van der Waals surface area contributed by atoms with Gasteiger partial charge in [0.05, 0.1) is 22.6 Å². The van der Waals surface area contributed by atoms with Crippen molar-refractivity contribution < 1.29 is 0 Å². The summed E-state index contributed by atoms with van der Waals surface area (Å²) in [7, 11) is 0. The first-order chi connectivity index (χ1) is 18.9. The SMILES string of the molecule is C1=Cc2ccccc2C(N2c3ccccc3-c3c(n(-c4ccccc4)c4ccccc34)-c3ccccc32)N1. The summed E-state index contributed by atoms with van der Waals surface area (Å²) in [5.41, 5.74) is 12.2. The summed E-state index contributed by atoms with van der Waals surface area (Å²) in [6.45, 7) is 0. The molecular weight excluding hydrogens is 462 g/mol. The van der Waals surface area contributed by atoms with Crippen molar-refractivity contribution in [3.63, 3.8) is 0 Å². The summed E-state index contributed by atoms with van der Waals surface area (Å²) in [6.07, 6.45) is 4.20. The van der Waals surface area contributed by atoms with Crippen LogP contribution >= 0.6 is 0 Å². The van der Waals surface area contributed by atoms with Gasteiger partial charge in [-0.2, -0.15) is 0 Å². The molecule has 5 aromatic carbocycles. The van der Waals surface area contributed by atoms with Crippen LogP contribution in [0.2, 0.25) is 0 Å². The van der Waals surface area contributed by atoms with Crippen LogP contribution in [0.3, 0.4) is 0 Å². The van der Waals surface area contributed by atoms with Gasteiger partial charge in [-0.05, 0) is 48.2 Å². The number of nitrogens with zero attached hydrogens (tertiary/aromatic N) is 2. The highest BCUT2D eigenvalue weighted by Gasteiger charge is 2.34. The molecule has 2 aliphatic heterocycles. The number of anilines is 2. The first-order valence-electron chi connectivity index (χ1n) is 13.1. The Morgan fingerprint density at radius 1 is 0.579 bits per heavy atom. The summed E-state index contributed by atoms with van der Waals surface area (Å²) in [5.74, 6) is 0. The molecular formula is C35H25N3. The molecule has 1 atom stereocenters. The molecule has 180 valence electrons. The van der Waals surface area contributed by atoms with Gasteiger partial charge in [0.25, 0.3) is 0 Å². The van der Waals surface area contributed by atoms with E-state index < -0.39 is 0 Å². The van der Waals surface area contributed by atoms with E-state index in [4.69, 9.17) is 0 Å². The van der Waals surface area contributed by atoms with E-state index in [1.54, 1.807) is 0 Å². The molecule has 8 rings (SSSR count). The highest BCUT2D eigenvalue weighted by molar-refractivity contribution is 6.11. The molecule has 38 heavy (non-hydrogen) atoms. The first kappa shape index (κ1) is 21.1. The molecule has 3 nitrogen and oxygen atoms in total. The molecule has 1 aromatic heterocycles. The normalized spacial score (nSPS) is 15.2. The van der Waals surface area contributed by atoms with Crippen LogP contribution in [0.5, 0.6) is 0 Å². The Labute approximate surface area is 221 Å². The van der Waals surface area contributed by atoms with Crippen molar-refractivity contribution in [1.82, 2.24) is 9.88 Å². The van der Waals surface area contributed by atoms with Crippen molar-refractivity contribution >= 4 is 28.4 Å². The summed E-state index contributed by atoms with van der Waals surface area (Å²) >= 11 is 0. The molecule has 0 bridgehead atoms. The molecule has 3 heteroatoms. The maximum absolute atomic E-state index is 3.70. The minimum absolute atomic E-state index is 0.0426. The summed E-state index contributed by atoms with van der Waals surface area (Å²) < 4.78 is 2.44. The number of rotatable bonds is 2. The second-order valence-electron chi connectivity index (χ2n) is 9.85. The molecule has 1 unspecified atom stereocenters. The quantitative estimate of drug-likeness (QED) is 0.264. The third kappa shape index (κ3) is 2.96. The predicted octanol–water partition coefficient (Wildman–Crippen LogP) is 8.69. The zero-order valence-corrected chi connectivity index (χ0v) is 20.8. The van der Waals surface area contributed by atoms with Crippen LogP contribution in [0.15, 0.2) is 134 Å². The summed E-state index contributed by atoms with van der Waals surface area (Å²) in [6, 6.07) is 45.9. The van der Waals surface area contributed by atoms with E-state index in [2.05, 4.69) is 154 Å². The third-order valence-corrected chi connectivity index (χ3v) is 7.81. The number of hydrogen-bond acceptors (Lipinski definition) is 2. The lowest BCUT2D eigenvalue weighted by Crippen LogP contribution is -2.35. The highest BCUT2D eigenvalue weighted by Crippen LogP contribution is 2.54. The van der Waals surface area contributed by atoms with Gasteiger partial charge in [0.15, 0.2) is 0 Å². The van der Waals surface area contributed by atoms with Gasteiger partial charge in [0.2, 0.25) is 0 Å². The van der Waals surface area contributed by atoms with Gasteiger partial charge in [-0.1, -0.05) is 97.1 Å². The van der Waals surface area contributed by atoms with E-state index >= 15 is 0 Å². The van der Waals surface area contributed by atoms with Crippen LogP contribution in [-0.2, 0) is 0 Å². The molecule has 1 N–H and O–H groups in total. The largest absolute Gasteiger partial charge is 0.367 e. The minimum Gasteiger partial charge on any atom is -0.367 e. The van der Waals surface area contributed by atoms with Crippen LogP contribution in [0.1, 0.15) is 17.3 Å². The molecule has 0 saturated heterocycles. The lowest BCUT2D eigenvalue weighted by molar-refractivity contribution is 0.626. The number of fused-ring (bicyclic) bond motifs is 8. The average molecular weight is 488 g/mol. The van der Waals surface area contributed by atoms with Gasteiger partial charge < -0.3 is 14.8 Å². The van der Waals surface area contributed by atoms with Crippen LogP contribution in [0, 0.1) is 0 Å². The molecule has 6 aromatic rings. The molecule has 0 saturated carbocycles. The van der Waals surface area contributed by atoms with Gasteiger partial charge in [-0.25, -0.2) is 0 Å².